The van der Waals surface area contributed by atoms with Crippen LogP contribution in [0, 0.1) is 0 Å². The second-order valence-corrected chi connectivity index (χ2v) is 5.91. The molecule has 0 amide bonds. The number of hydrogen-bond donors (Lipinski definition) is 1. The Labute approximate surface area is 90.4 Å². The van der Waals surface area contributed by atoms with E-state index in [1.54, 1.807) is 4.68 Å². The number of sulfone groups is 1. The number of nitrogens with zero attached hydrogens (tertiary/aromatic N) is 2. The SMILES string of the molecule is Cn1cc(CCNCCS(C)(=O)=O)cn1. The van der Waals surface area contributed by atoms with Gasteiger partial charge in [-0.15, -0.1) is 0 Å². The highest BCUT2D eigenvalue weighted by Gasteiger charge is 2.00. The molecule has 15 heavy (non-hydrogen) atoms. The molecular weight excluding hydrogens is 214 g/mol. The Hall–Kier alpha value is -0.880. The van der Waals surface area contributed by atoms with E-state index in [0.717, 1.165) is 18.5 Å². The molecule has 86 valence electrons. The van der Waals surface area contributed by atoms with Crippen molar-refractivity contribution in [2.75, 3.05) is 25.1 Å². The normalized spacial score (nSPS) is 11.9. The highest BCUT2D eigenvalue weighted by atomic mass is 32.2. The Morgan fingerprint density at radius 2 is 2.20 bits per heavy atom. The van der Waals surface area contributed by atoms with Crippen LogP contribution in [0.4, 0.5) is 0 Å². The Balaban J connectivity index is 2.12. The van der Waals surface area contributed by atoms with Gasteiger partial charge < -0.3 is 5.32 Å². The van der Waals surface area contributed by atoms with Gasteiger partial charge in [-0.25, -0.2) is 8.42 Å². The van der Waals surface area contributed by atoms with Gasteiger partial charge in [0.05, 0.1) is 11.9 Å². The van der Waals surface area contributed by atoms with E-state index in [2.05, 4.69) is 10.4 Å². The molecular formula is C9H17N3O2S. The summed E-state index contributed by atoms with van der Waals surface area (Å²) >= 11 is 0. The number of nitrogens with one attached hydrogen (secondary N) is 1. The third-order valence-electron chi connectivity index (χ3n) is 2.00. The van der Waals surface area contributed by atoms with E-state index >= 15 is 0 Å². The summed E-state index contributed by atoms with van der Waals surface area (Å²) < 4.78 is 23.4. The molecule has 6 heteroatoms. The van der Waals surface area contributed by atoms with Crippen molar-refractivity contribution in [2.24, 2.45) is 7.05 Å². The predicted molar refractivity (Wildman–Crippen MR) is 59.5 cm³/mol. The fourth-order valence-electron chi connectivity index (χ4n) is 1.22. The summed E-state index contributed by atoms with van der Waals surface area (Å²) in [5.74, 6) is 0.194. The van der Waals surface area contributed by atoms with Crippen molar-refractivity contribution in [2.45, 2.75) is 6.42 Å². The van der Waals surface area contributed by atoms with Gasteiger partial charge in [0.15, 0.2) is 0 Å². The zero-order chi connectivity index (χ0) is 11.3. The standard InChI is InChI=1S/C9H17N3O2S/c1-12-8-9(7-11-12)3-4-10-5-6-15(2,13)14/h7-8,10H,3-6H2,1-2H3. The third kappa shape index (κ3) is 5.54. The molecule has 0 unspecified atom stereocenters. The molecule has 0 saturated carbocycles. The lowest BCUT2D eigenvalue weighted by atomic mass is 10.2. The minimum atomic E-state index is -2.84. The van der Waals surface area contributed by atoms with Gasteiger partial charge in [-0.1, -0.05) is 0 Å². The molecule has 1 aromatic heterocycles. The summed E-state index contributed by atoms with van der Waals surface area (Å²) in [5.41, 5.74) is 1.16. The van der Waals surface area contributed by atoms with E-state index in [-0.39, 0.29) is 5.75 Å². The average molecular weight is 231 g/mol. The molecule has 0 radical (unpaired) electrons. The Kier molecular flexibility index (Phi) is 4.28. The van der Waals surface area contributed by atoms with E-state index in [9.17, 15) is 8.42 Å². The molecule has 0 spiro atoms. The van der Waals surface area contributed by atoms with Crippen molar-refractivity contribution in [3.63, 3.8) is 0 Å². The van der Waals surface area contributed by atoms with Crippen LogP contribution >= 0.6 is 0 Å². The first-order valence-electron chi connectivity index (χ1n) is 4.83. The number of rotatable bonds is 6. The van der Waals surface area contributed by atoms with Crippen LogP contribution in [0.15, 0.2) is 12.4 Å². The molecule has 0 aliphatic heterocycles. The monoisotopic (exact) mass is 231 g/mol. The van der Waals surface area contributed by atoms with E-state index in [0.29, 0.717) is 6.54 Å². The van der Waals surface area contributed by atoms with E-state index < -0.39 is 9.84 Å². The molecule has 0 fully saturated rings. The van der Waals surface area contributed by atoms with Gasteiger partial charge in [-0.05, 0) is 18.5 Å². The Morgan fingerprint density at radius 1 is 1.47 bits per heavy atom. The number of aryl methyl sites for hydroxylation is 1. The lowest BCUT2D eigenvalue weighted by molar-refractivity contribution is 0.596. The summed E-state index contributed by atoms with van der Waals surface area (Å²) in [7, 11) is -0.968. The highest BCUT2D eigenvalue weighted by molar-refractivity contribution is 7.90. The van der Waals surface area contributed by atoms with Crippen LogP contribution in [-0.2, 0) is 23.3 Å². The molecule has 1 N–H and O–H groups in total. The molecule has 1 rings (SSSR count). The predicted octanol–water partition coefficient (Wildman–Crippen LogP) is -0.403. The summed E-state index contributed by atoms with van der Waals surface area (Å²) in [4.78, 5) is 0. The molecule has 0 aliphatic carbocycles. The van der Waals surface area contributed by atoms with Gasteiger partial charge in [0, 0.05) is 26.0 Å². The molecule has 5 nitrogen and oxygen atoms in total. The zero-order valence-corrected chi connectivity index (χ0v) is 9.92. The number of hydrogen-bond acceptors (Lipinski definition) is 4. The first-order chi connectivity index (χ1) is 6.97. The maximum absolute atomic E-state index is 10.8. The molecule has 0 atom stereocenters. The van der Waals surface area contributed by atoms with Gasteiger partial charge in [0.1, 0.15) is 9.84 Å². The topological polar surface area (TPSA) is 64.0 Å². The molecule has 0 aliphatic rings. The Bertz CT molecular complexity index is 397. The van der Waals surface area contributed by atoms with Crippen LogP contribution in [0.25, 0.3) is 0 Å². The van der Waals surface area contributed by atoms with Crippen molar-refractivity contribution >= 4 is 9.84 Å². The van der Waals surface area contributed by atoms with Crippen LogP contribution in [0.3, 0.4) is 0 Å². The van der Waals surface area contributed by atoms with Crippen LogP contribution < -0.4 is 5.32 Å². The second kappa shape index (κ2) is 5.27. The van der Waals surface area contributed by atoms with E-state index in [1.165, 1.54) is 6.26 Å². The smallest absolute Gasteiger partial charge is 0.148 e. The summed E-state index contributed by atoms with van der Waals surface area (Å²) in [5, 5.41) is 7.13. The van der Waals surface area contributed by atoms with Gasteiger partial charge >= 0.3 is 0 Å². The quantitative estimate of drug-likeness (QED) is 0.676. The number of aromatic nitrogens is 2. The van der Waals surface area contributed by atoms with Crippen molar-refractivity contribution in [1.82, 2.24) is 15.1 Å². The first kappa shape index (κ1) is 12.2. The van der Waals surface area contributed by atoms with Crippen LogP contribution in [0.5, 0.6) is 0 Å². The van der Waals surface area contributed by atoms with Crippen molar-refractivity contribution in [1.29, 1.82) is 0 Å². The first-order valence-corrected chi connectivity index (χ1v) is 6.89. The minimum Gasteiger partial charge on any atom is -0.315 e. The van der Waals surface area contributed by atoms with Crippen LogP contribution in [0.1, 0.15) is 5.56 Å². The zero-order valence-electron chi connectivity index (χ0n) is 9.10. The molecule has 1 heterocycles. The van der Waals surface area contributed by atoms with Crippen molar-refractivity contribution in [3.05, 3.63) is 18.0 Å². The average Bonchev–Trinajstić information content (AvgIpc) is 2.49. The minimum absolute atomic E-state index is 0.194. The lowest BCUT2D eigenvalue weighted by Crippen LogP contribution is -2.24. The fraction of sp³-hybridized carbons (Fsp3) is 0.667. The van der Waals surface area contributed by atoms with Gasteiger partial charge in [-0.3, -0.25) is 4.68 Å². The molecule has 1 aromatic rings. The van der Waals surface area contributed by atoms with E-state index in [4.69, 9.17) is 0 Å². The van der Waals surface area contributed by atoms with Crippen molar-refractivity contribution < 1.29 is 8.42 Å². The van der Waals surface area contributed by atoms with E-state index in [1.807, 2.05) is 19.4 Å². The van der Waals surface area contributed by atoms with Crippen molar-refractivity contribution in [3.8, 4) is 0 Å². The second-order valence-electron chi connectivity index (χ2n) is 3.65. The van der Waals surface area contributed by atoms with Crippen LogP contribution in [0.2, 0.25) is 0 Å². The maximum Gasteiger partial charge on any atom is 0.148 e. The molecule has 0 bridgehead atoms. The fourth-order valence-corrected chi connectivity index (χ4v) is 1.73. The van der Waals surface area contributed by atoms with Gasteiger partial charge in [0.25, 0.3) is 0 Å². The summed E-state index contributed by atoms with van der Waals surface area (Å²) in [6.45, 7) is 1.29. The Morgan fingerprint density at radius 3 is 2.73 bits per heavy atom. The lowest BCUT2D eigenvalue weighted by Gasteiger charge is -2.01. The molecule has 0 saturated heterocycles. The third-order valence-corrected chi connectivity index (χ3v) is 2.94. The highest BCUT2D eigenvalue weighted by Crippen LogP contribution is 1.95. The maximum atomic E-state index is 10.8. The summed E-state index contributed by atoms with van der Waals surface area (Å²) in [6, 6.07) is 0. The molecule has 0 aromatic carbocycles. The van der Waals surface area contributed by atoms with Gasteiger partial charge in [0.2, 0.25) is 0 Å². The van der Waals surface area contributed by atoms with Crippen LogP contribution in [-0.4, -0.2) is 43.3 Å². The summed E-state index contributed by atoms with van der Waals surface area (Å²) in [6.07, 6.45) is 5.89. The largest absolute Gasteiger partial charge is 0.315 e. The van der Waals surface area contributed by atoms with Gasteiger partial charge in [-0.2, -0.15) is 5.10 Å².